The maximum Gasteiger partial charge on any atom is 0.0671 e. The van der Waals surface area contributed by atoms with E-state index in [0.29, 0.717) is 3.67 Å². The minimum atomic E-state index is 0.434. The standard InChI is InChI=1S/C6H7INP/c7-6(9)5-3-1-2-4-8-5/h1-4,6H,9H2. The van der Waals surface area contributed by atoms with Gasteiger partial charge in [0.25, 0.3) is 0 Å². The van der Waals surface area contributed by atoms with Crippen molar-refractivity contribution in [1.29, 1.82) is 0 Å². The second kappa shape index (κ2) is 3.47. The van der Waals surface area contributed by atoms with Crippen molar-refractivity contribution in [2.24, 2.45) is 0 Å². The first kappa shape index (κ1) is 7.42. The van der Waals surface area contributed by atoms with Crippen LogP contribution in [-0.2, 0) is 0 Å². The molecule has 0 spiro atoms. The summed E-state index contributed by atoms with van der Waals surface area (Å²) < 4.78 is 0.434. The quantitative estimate of drug-likeness (QED) is 0.424. The van der Waals surface area contributed by atoms with Gasteiger partial charge in [-0.1, -0.05) is 28.7 Å². The van der Waals surface area contributed by atoms with Crippen molar-refractivity contribution in [1.82, 2.24) is 4.98 Å². The predicted octanol–water partition coefficient (Wildman–Crippen LogP) is 2.39. The molecule has 0 aromatic carbocycles. The summed E-state index contributed by atoms with van der Waals surface area (Å²) in [6.07, 6.45) is 1.81. The molecule has 9 heavy (non-hydrogen) atoms. The monoisotopic (exact) mass is 251 g/mol. The molecule has 0 fully saturated rings. The van der Waals surface area contributed by atoms with E-state index in [-0.39, 0.29) is 0 Å². The first-order valence-electron chi connectivity index (χ1n) is 2.61. The zero-order valence-corrected chi connectivity index (χ0v) is 8.10. The zero-order valence-electron chi connectivity index (χ0n) is 4.79. The third-order valence-corrected chi connectivity index (χ3v) is 1.95. The van der Waals surface area contributed by atoms with E-state index in [0.717, 1.165) is 5.69 Å². The highest BCUT2D eigenvalue weighted by Gasteiger charge is 1.97. The van der Waals surface area contributed by atoms with E-state index in [4.69, 9.17) is 0 Å². The predicted molar refractivity (Wildman–Crippen MR) is 50.7 cm³/mol. The van der Waals surface area contributed by atoms with Crippen molar-refractivity contribution in [3.63, 3.8) is 0 Å². The number of hydrogen-bond acceptors (Lipinski definition) is 1. The number of pyridine rings is 1. The summed E-state index contributed by atoms with van der Waals surface area (Å²) in [7, 11) is 2.70. The van der Waals surface area contributed by atoms with Crippen LogP contribution < -0.4 is 0 Å². The molecule has 1 nitrogen and oxygen atoms in total. The summed E-state index contributed by atoms with van der Waals surface area (Å²) in [6, 6.07) is 5.94. The van der Waals surface area contributed by atoms with Gasteiger partial charge >= 0.3 is 0 Å². The molecule has 0 saturated heterocycles. The van der Waals surface area contributed by atoms with Crippen LogP contribution in [0.2, 0.25) is 0 Å². The summed E-state index contributed by atoms with van der Waals surface area (Å²) in [5.74, 6) is 0. The molecular weight excluding hydrogens is 244 g/mol. The van der Waals surface area contributed by atoms with Crippen LogP contribution in [0.1, 0.15) is 9.36 Å². The lowest BCUT2D eigenvalue weighted by Crippen LogP contribution is -1.82. The summed E-state index contributed by atoms with van der Waals surface area (Å²) in [5.41, 5.74) is 1.11. The molecule has 1 heterocycles. The Balaban J connectivity index is 2.85. The van der Waals surface area contributed by atoms with Crippen molar-refractivity contribution in [2.75, 3.05) is 0 Å². The Hall–Kier alpha value is 0.310. The molecule has 3 heteroatoms. The highest BCUT2D eigenvalue weighted by Crippen LogP contribution is 2.27. The van der Waals surface area contributed by atoms with E-state index >= 15 is 0 Å². The average Bonchev–Trinajstić information content (AvgIpc) is 1.90. The van der Waals surface area contributed by atoms with Crippen molar-refractivity contribution in [3.05, 3.63) is 30.1 Å². The van der Waals surface area contributed by atoms with E-state index in [1.54, 1.807) is 0 Å². The molecule has 0 amide bonds. The van der Waals surface area contributed by atoms with Crippen LogP contribution in [0.15, 0.2) is 24.4 Å². The lowest BCUT2D eigenvalue weighted by atomic mass is 10.4. The fourth-order valence-corrected chi connectivity index (χ4v) is 1.10. The molecule has 0 aliphatic heterocycles. The molecule has 1 aromatic rings. The van der Waals surface area contributed by atoms with Crippen molar-refractivity contribution in [2.45, 2.75) is 3.67 Å². The summed E-state index contributed by atoms with van der Waals surface area (Å²) in [4.78, 5) is 4.15. The zero-order chi connectivity index (χ0) is 6.69. The van der Waals surface area contributed by atoms with E-state index in [1.807, 2.05) is 24.4 Å². The third-order valence-electron chi connectivity index (χ3n) is 0.970. The number of hydrogen-bond donors (Lipinski definition) is 0. The first-order chi connectivity index (χ1) is 4.30. The van der Waals surface area contributed by atoms with Gasteiger partial charge in [0.2, 0.25) is 0 Å². The maximum absolute atomic E-state index is 4.15. The van der Waals surface area contributed by atoms with Crippen LogP contribution >= 0.6 is 31.8 Å². The fourth-order valence-electron chi connectivity index (χ4n) is 0.539. The molecule has 1 rings (SSSR count). The Morgan fingerprint density at radius 2 is 2.33 bits per heavy atom. The van der Waals surface area contributed by atoms with Crippen molar-refractivity contribution < 1.29 is 0 Å². The minimum Gasteiger partial charge on any atom is -0.260 e. The minimum absolute atomic E-state index is 0.434. The van der Waals surface area contributed by atoms with Gasteiger partial charge in [-0.05, 0) is 12.1 Å². The Bertz CT molecular complexity index is 176. The summed E-state index contributed by atoms with van der Waals surface area (Å²) >= 11 is 2.31. The SMILES string of the molecule is PC(I)c1ccccn1. The van der Waals surface area contributed by atoms with E-state index in [9.17, 15) is 0 Å². The molecule has 2 atom stereocenters. The van der Waals surface area contributed by atoms with Crippen LogP contribution in [-0.4, -0.2) is 4.98 Å². The lowest BCUT2D eigenvalue weighted by molar-refractivity contribution is 1.18. The average molecular weight is 251 g/mol. The Morgan fingerprint density at radius 1 is 1.56 bits per heavy atom. The van der Waals surface area contributed by atoms with Crippen molar-refractivity contribution in [3.8, 4) is 0 Å². The van der Waals surface area contributed by atoms with Crippen LogP contribution in [0, 0.1) is 0 Å². The highest BCUT2D eigenvalue weighted by atomic mass is 127. The molecule has 0 radical (unpaired) electrons. The molecular formula is C6H7INP. The van der Waals surface area contributed by atoms with Gasteiger partial charge in [-0.3, -0.25) is 4.98 Å². The molecule has 0 bridgehead atoms. The van der Waals surface area contributed by atoms with Crippen LogP contribution in [0.25, 0.3) is 0 Å². The number of halogens is 1. The third kappa shape index (κ3) is 2.18. The Labute approximate surface area is 70.6 Å². The second-order valence-electron chi connectivity index (χ2n) is 1.66. The molecule has 0 aliphatic carbocycles. The molecule has 0 N–H and O–H groups in total. The van der Waals surface area contributed by atoms with E-state index < -0.39 is 0 Å². The van der Waals surface area contributed by atoms with Crippen LogP contribution in [0.4, 0.5) is 0 Å². The van der Waals surface area contributed by atoms with Gasteiger partial charge in [0, 0.05) is 6.20 Å². The number of nitrogens with zero attached hydrogens (tertiary/aromatic N) is 1. The molecule has 0 aliphatic rings. The van der Waals surface area contributed by atoms with Gasteiger partial charge in [-0.15, -0.1) is 9.24 Å². The highest BCUT2D eigenvalue weighted by molar-refractivity contribution is 14.1. The largest absolute Gasteiger partial charge is 0.260 e. The van der Waals surface area contributed by atoms with Gasteiger partial charge in [0.15, 0.2) is 0 Å². The normalized spacial score (nSPS) is 13.1. The Morgan fingerprint density at radius 3 is 2.67 bits per heavy atom. The van der Waals surface area contributed by atoms with E-state index in [1.165, 1.54) is 0 Å². The number of alkyl halides is 1. The number of rotatable bonds is 1. The van der Waals surface area contributed by atoms with Gasteiger partial charge in [0.1, 0.15) is 0 Å². The maximum atomic E-state index is 4.15. The number of aromatic nitrogens is 1. The van der Waals surface area contributed by atoms with Gasteiger partial charge < -0.3 is 0 Å². The smallest absolute Gasteiger partial charge is 0.0671 e. The Kier molecular flexibility index (Phi) is 2.86. The molecule has 48 valence electrons. The molecule has 1 aromatic heterocycles. The lowest BCUT2D eigenvalue weighted by Gasteiger charge is -1.98. The van der Waals surface area contributed by atoms with Crippen molar-refractivity contribution >= 4 is 31.8 Å². The van der Waals surface area contributed by atoms with E-state index in [2.05, 4.69) is 36.8 Å². The summed E-state index contributed by atoms with van der Waals surface area (Å²) in [6.45, 7) is 0. The molecule has 2 unspecified atom stereocenters. The second-order valence-corrected chi connectivity index (χ2v) is 5.02. The fraction of sp³-hybridized carbons (Fsp3) is 0.167. The molecule has 0 saturated carbocycles. The summed E-state index contributed by atoms with van der Waals surface area (Å²) in [5, 5.41) is 0. The first-order valence-corrected chi connectivity index (χ1v) is 4.52. The van der Waals surface area contributed by atoms with Crippen LogP contribution in [0.5, 0.6) is 0 Å². The van der Waals surface area contributed by atoms with Gasteiger partial charge in [-0.2, -0.15) is 0 Å². The van der Waals surface area contributed by atoms with Gasteiger partial charge in [0.05, 0.1) is 9.36 Å². The topological polar surface area (TPSA) is 12.9 Å². The van der Waals surface area contributed by atoms with Gasteiger partial charge in [-0.25, -0.2) is 0 Å². The van der Waals surface area contributed by atoms with Crippen LogP contribution in [0.3, 0.4) is 0 Å².